The van der Waals surface area contributed by atoms with Gasteiger partial charge >= 0.3 is 0 Å². The van der Waals surface area contributed by atoms with Crippen molar-refractivity contribution in [2.24, 2.45) is 5.73 Å². The summed E-state index contributed by atoms with van der Waals surface area (Å²) in [6.45, 7) is 6.28. The zero-order valence-electron chi connectivity index (χ0n) is 14.8. The van der Waals surface area contributed by atoms with E-state index >= 15 is 0 Å². The Hall–Kier alpha value is -1.31. The predicted molar refractivity (Wildman–Crippen MR) is 104 cm³/mol. The summed E-state index contributed by atoms with van der Waals surface area (Å²) >= 11 is 1.81. The summed E-state index contributed by atoms with van der Waals surface area (Å²) in [5.74, 6) is 1.99. The van der Waals surface area contributed by atoms with E-state index in [1.54, 1.807) is 0 Å². The van der Waals surface area contributed by atoms with Crippen molar-refractivity contribution in [3.63, 3.8) is 0 Å². The second-order valence-electron chi connectivity index (χ2n) is 6.78. The minimum atomic E-state index is -0.317. The van der Waals surface area contributed by atoms with Gasteiger partial charge in [-0.2, -0.15) is 0 Å². The average Bonchev–Trinajstić information content (AvgIpc) is 3.20. The SMILES string of the molecule is N[C@@H](CCCCN1CCN(c2ccncc2)CC1)C(=O)N1CCSC1. The van der Waals surface area contributed by atoms with Crippen molar-refractivity contribution in [1.82, 2.24) is 14.8 Å². The molecule has 3 rings (SSSR count). The van der Waals surface area contributed by atoms with Crippen LogP contribution in [0.2, 0.25) is 0 Å². The summed E-state index contributed by atoms with van der Waals surface area (Å²) in [5, 5.41) is 0. The highest BCUT2D eigenvalue weighted by Crippen LogP contribution is 2.16. The van der Waals surface area contributed by atoms with Crippen LogP contribution in [-0.4, -0.2) is 77.6 Å². The fourth-order valence-corrected chi connectivity index (χ4v) is 4.39. The summed E-state index contributed by atoms with van der Waals surface area (Å²) in [4.78, 5) is 23.1. The number of rotatable bonds is 7. The number of carbonyl (C=O) groups is 1. The number of aromatic nitrogens is 1. The number of nitrogens with two attached hydrogens (primary N) is 1. The molecule has 0 unspecified atom stereocenters. The lowest BCUT2D eigenvalue weighted by molar-refractivity contribution is -0.131. The molecular weight excluding hydrogens is 334 g/mol. The summed E-state index contributed by atoms with van der Waals surface area (Å²) in [5.41, 5.74) is 7.34. The van der Waals surface area contributed by atoms with E-state index in [2.05, 4.69) is 26.9 Å². The Bertz CT molecular complexity index is 530. The van der Waals surface area contributed by atoms with Crippen molar-refractivity contribution >= 4 is 23.4 Å². The molecule has 3 heterocycles. The van der Waals surface area contributed by atoms with Crippen LogP contribution in [-0.2, 0) is 4.79 Å². The molecule has 0 aliphatic carbocycles. The first-order chi connectivity index (χ1) is 12.2. The van der Waals surface area contributed by atoms with Gasteiger partial charge in [0.05, 0.1) is 11.9 Å². The van der Waals surface area contributed by atoms with E-state index in [1.165, 1.54) is 5.69 Å². The maximum absolute atomic E-state index is 12.2. The highest BCUT2D eigenvalue weighted by molar-refractivity contribution is 7.99. The third kappa shape index (κ3) is 5.33. The molecule has 0 bridgehead atoms. The molecule has 138 valence electrons. The molecule has 2 aliphatic rings. The van der Waals surface area contributed by atoms with Crippen LogP contribution in [0.25, 0.3) is 0 Å². The normalized spacial score (nSPS) is 20.0. The minimum Gasteiger partial charge on any atom is -0.369 e. The third-order valence-corrected chi connectivity index (χ3v) is 5.99. The Kier molecular flexibility index (Phi) is 6.95. The Balaban J connectivity index is 1.29. The molecule has 25 heavy (non-hydrogen) atoms. The Morgan fingerprint density at radius 3 is 2.60 bits per heavy atom. The quantitative estimate of drug-likeness (QED) is 0.735. The number of anilines is 1. The summed E-state index contributed by atoms with van der Waals surface area (Å²) < 4.78 is 0. The maximum atomic E-state index is 12.2. The lowest BCUT2D eigenvalue weighted by Crippen LogP contribution is -2.46. The van der Waals surface area contributed by atoms with E-state index in [-0.39, 0.29) is 11.9 Å². The molecule has 0 spiro atoms. The van der Waals surface area contributed by atoms with Gasteiger partial charge in [0.1, 0.15) is 0 Å². The minimum absolute atomic E-state index is 0.135. The number of unbranched alkanes of at least 4 members (excludes halogenated alkanes) is 1. The average molecular weight is 364 g/mol. The number of pyridine rings is 1. The van der Waals surface area contributed by atoms with Gasteiger partial charge < -0.3 is 15.5 Å². The summed E-state index contributed by atoms with van der Waals surface area (Å²) in [6.07, 6.45) is 6.65. The van der Waals surface area contributed by atoms with Gasteiger partial charge in [-0.25, -0.2) is 0 Å². The standard InChI is InChI=1S/C18H29N5OS/c19-17(18(24)23-13-14-25-15-23)3-1-2-8-21-9-11-22(12-10-21)16-4-6-20-7-5-16/h4-7,17H,1-3,8-15,19H2/t17-/m0/s1. The number of piperazine rings is 1. The number of hydrogen-bond acceptors (Lipinski definition) is 6. The highest BCUT2D eigenvalue weighted by atomic mass is 32.2. The molecule has 2 N–H and O–H groups in total. The Morgan fingerprint density at radius 2 is 1.92 bits per heavy atom. The molecule has 2 aliphatic heterocycles. The molecule has 0 saturated carbocycles. The van der Waals surface area contributed by atoms with E-state index < -0.39 is 0 Å². The zero-order valence-corrected chi connectivity index (χ0v) is 15.7. The molecule has 6 nitrogen and oxygen atoms in total. The van der Waals surface area contributed by atoms with E-state index in [0.717, 1.165) is 70.2 Å². The predicted octanol–water partition coefficient (Wildman–Crippen LogP) is 1.23. The molecule has 1 amide bonds. The van der Waals surface area contributed by atoms with E-state index in [9.17, 15) is 4.79 Å². The van der Waals surface area contributed by atoms with Crippen molar-refractivity contribution in [2.75, 3.05) is 55.8 Å². The van der Waals surface area contributed by atoms with Crippen molar-refractivity contribution in [3.8, 4) is 0 Å². The van der Waals surface area contributed by atoms with Crippen LogP contribution in [0.15, 0.2) is 24.5 Å². The first-order valence-electron chi connectivity index (χ1n) is 9.23. The lowest BCUT2D eigenvalue weighted by Gasteiger charge is -2.36. The number of thioether (sulfide) groups is 1. The Labute approximate surface area is 154 Å². The van der Waals surface area contributed by atoms with Crippen molar-refractivity contribution < 1.29 is 4.79 Å². The molecule has 0 radical (unpaired) electrons. The lowest BCUT2D eigenvalue weighted by atomic mass is 10.1. The van der Waals surface area contributed by atoms with E-state index in [1.807, 2.05) is 29.1 Å². The van der Waals surface area contributed by atoms with E-state index in [0.29, 0.717) is 0 Å². The monoisotopic (exact) mass is 363 g/mol. The topological polar surface area (TPSA) is 65.7 Å². The fraction of sp³-hybridized carbons (Fsp3) is 0.667. The smallest absolute Gasteiger partial charge is 0.240 e. The van der Waals surface area contributed by atoms with Gasteiger partial charge in [0, 0.05) is 56.6 Å². The van der Waals surface area contributed by atoms with Crippen LogP contribution in [0.3, 0.4) is 0 Å². The number of amides is 1. The third-order valence-electron chi connectivity index (χ3n) is 5.02. The molecule has 7 heteroatoms. The second-order valence-corrected chi connectivity index (χ2v) is 7.85. The van der Waals surface area contributed by atoms with Crippen LogP contribution in [0.4, 0.5) is 5.69 Å². The molecule has 1 atom stereocenters. The van der Waals surface area contributed by atoms with Crippen molar-refractivity contribution in [2.45, 2.75) is 25.3 Å². The second kappa shape index (κ2) is 9.40. The van der Waals surface area contributed by atoms with Gasteiger partial charge in [-0.05, 0) is 31.5 Å². The van der Waals surface area contributed by atoms with Crippen LogP contribution < -0.4 is 10.6 Å². The first-order valence-corrected chi connectivity index (χ1v) is 10.4. The summed E-state index contributed by atoms with van der Waals surface area (Å²) in [7, 11) is 0. The van der Waals surface area contributed by atoms with Crippen molar-refractivity contribution in [3.05, 3.63) is 24.5 Å². The van der Waals surface area contributed by atoms with E-state index in [4.69, 9.17) is 5.73 Å². The zero-order chi connectivity index (χ0) is 17.5. The van der Waals surface area contributed by atoms with Gasteiger partial charge in [-0.15, -0.1) is 11.8 Å². The molecule has 1 aromatic rings. The maximum Gasteiger partial charge on any atom is 0.240 e. The molecule has 2 fully saturated rings. The molecule has 0 aromatic carbocycles. The molecule has 1 aromatic heterocycles. The first kappa shape index (κ1) is 18.5. The Morgan fingerprint density at radius 1 is 1.16 bits per heavy atom. The summed E-state index contributed by atoms with van der Waals surface area (Å²) in [6, 6.07) is 3.84. The van der Waals surface area contributed by atoms with Crippen LogP contribution in [0.5, 0.6) is 0 Å². The van der Waals surface area contributed by atoms with Crippen molar-refractivity contribution in [1.29, 1.82) is 0 Å². The largest absolute Gasteiger partial charge is 0.369 e. The van der Waals surface area contributed by atoms with Crippen LogP contribution in [0, 0.1) is 0 Å². The van der Waals surface area contributed by atoms with Gasteiger partial charge in [0.25, 0.3) is 0 Å². The van der Waals surface area contributed by atoms with Crippen LogP contribution in [0.1, 0.15) is 19.3 Å². The van der Waals surface area contributed by atoms with Gasteiger partial charge in [-0.3, -0.25) is 14.7 Å². The fourth-order valence-electron chi connectivity index (χ4n) is 3.43. The highest BCUT2D eigenvalue weighted by Gasteiger charge is 2.23. The molecule has 2 saturated heterocycles. The van der Waals surface area contributed by atoms with Gasteiger partial charge in [0.2, 0.25) is 5.91 Å². The van der Waals surface area contributed by atoms with Gasteiger partial charge in [0.15, 0.2) is 0 Å². The number of nitrogens with zero attached hydrogens (tertiary/aromatic N) is 4. The van der Waals surface area contributed by atoms with Gasteiger partial charge in [-0.1, -0.05) is 6.42 Å². The molecular formula is C18H29N5OS. The number of carbonyl (C=O) groups excluding carboxylic acids is 1. The number of hydrogen-bond donors (Lipinski definition) is 1. The van der Waals surface area contributed by atoms with Crippen LogP contribution >= 0.6 is 11.8 Å².